The van der Waals surface area contributed by atoms with Crippen molar-refractivity contribution in [3.8, 4) is 57.4 Å². The van der Waals surface area contributed by atoms with Gasteiger partial charge in [-0.15, -0.1) is 0 Å². The van der Waals surface area contributed by atoms with Crippen molar-refractivity contribution in [1.82, 2.24) is 24.9 Å². The van der Waals surface area contributed by atoms with E-state index in [0.29, 0.717) is 38.7 Å². The van der Waals surface area contributed by atoms with Gasteiger partial charge in [-0.25, -0.2) is 39.5 Å². The number of nitrogens with zero attached hydrogens (tertiary/aromatic N) is 6. The van der Waals surface area contributed by atoms with E-state index in [4.69, 9.17) is 66.1 Å². The second kappa shape index (κ2) is 24.3. The lowest BCUT2D eigenvalue weighted by molar-refractivity contribution is 0.0683. The molecule has 1 atom stereocenters. The van der Waals surface area contributed by atoms with Crippen LogP contribution in [0.25, 0.3) is 11.1 Å². The van der Waals surface area contributed by atoms with Crippen LogP contribution in [0.5, 0.6) is 46.3 Å². The average molecular weight is 1120 g/mol. The van der Waals surface area contributed by atoms with Crippen LogP contribution in [0.4, 0.5) is 0 Å². The third kappa shape index (κ3) is 14.5. The van der Waals surface area contributed by atoms with Gasteiger partial charge in [-0.05, 0) is 122 Å². The highest BCUT2D eigenvalue weighted by Crippen LogP contribution is 2.51. The Morgan fingerprint density at radius 3 is 1.89 bits per heavy atom. The predicted molar refractivity (Wildman–Crippen MR) is 272 cm³/mol. The fourth-order valence-corrected chi connectivity index (χ4v) is 7.12. The molecule has 0 aliphatic carbocycles. The third-order valence-electron chi connectivity index (χ3n) is 9.63. The minimum Gasteiger partial charge on any atom is -0.508 e. The van der Waals surface area contributed by atoms with Gasteiger partial charge in [-0.1, -0.05) is 39.8 Å². The Labute approximate surface area is 430 Å². The highest BCUT2D eigenvalue weighted by molar-refractivity contribution is 9.10. The Morgan fingerprint density at radius 2 is 1.32 bits per heavy atom. The first-order chi connectivity index (χ1) is 33.4. The van der Waals surface area contributed by atoms with Crippen LogP contribution in [0.15, 0.2) is 136 Å². The molecule has 18 nitrogen and oxygen atoms in total. The first-order valence-corrected chi connectivity index (χ1v) is 22.6. The summed E-state index contributed by atoms with van der Waals surface area (Å²) in [5, 5.41) is 26.4. The molecule has 4 aromatic heterocycles. The maximum Gasteiger partial charge on any atom is 0.341 e. The largest absolute Gasteiger partial charge is 0.508 e. The van der Waals surface area contributed by atoms with E-state index in [2.05, 4.69) is 77.6 Å². The standard InChI is InChI=1S/C23H23N5O3.C13H10BrNO4.C7H8O2.C6H3BrClNO2.CH4/c1-22(2,3)11-29-16-4-5-19-17(7-16)23(12-30-21(24)28-23)18-6-14(10-27-20(18)31-19)15-8-25-13-26-9-15;1-18-9-2-4-10(5-3-9)19-12-11(13(16)17)6-8(14)7-15-12;1-9-7-4-2-6(8)3-5-7;7-3-1-4(6(10)11)5(8)9-2-3;/h4-10,13H,11-12H2,1-3H3,(H2,24,28);2-7H,1H3,(H,16,17);2-5,8H,1H3;1-2H,(H,10,11);1H4. The van der Waals surface area contributed by atoms with Crippen molar-refractivity contribution in [2.75, 3.05) is 27.4 Å². The maximum atomic E-state index is 11.1. The van der Waals surface area contributed by atoms with Crippen LogP contribution in [0, 0.1) is 5.41 Å². The summed E-state index contributed by atoms with van der Waals surface area (Å²) in [6.45, 7) is 7.22. The molecular weight excluding hydrogens is 1070 g/mol. The van der Waals surface area contributed by atoms with Crippen LogP contribution < -0.4 is 29.4 Å². The van der Waals surface area contributed by atoms with Crippen LogP contribution in [-0.2, 0) is 10.3 Å². The number of aromatic carboxylic acids is 2. The van der Waals surface area contributed by atoms with Crippen molar-refractivity contribution in [1.29, 1.82) is 0 Å². The number of rotatable bonds is 9. The number of carboxylic acids is 2. The molecule has 5 N–H and O–H groups in total. The van der Waals surface area contributed by atoms with E-state index in [1.165, 1.54) is 30.9 Å². The number of fused-ring (bicyclic) bond motifs is 4. The second-order valence-electron chi connectivity index (χ2n) is 16.0. The highest BCUT2D eigenvalue weighted by atomic mass is 79.9. The van der Waals surface area contributed by atoms with Gasteiger partial charge in [0, 0.05) is 56.6 Å². The van der Waals surface area contributed by atoms with Gasteiger partial charge in [-0.2, -0.15) is 0 Å². The molecule has 0 radical (unpaired) electrons. The van der Waals surface area contributed by atoms with E-state index in [-0.39, 0.29) is 53.4 Å². The number of aromatic nitrogens is 5. The smallest absolute Gasteiger partial charge is 0.341 e. The maximum absolute atomic E-state index is 11.1. The fraction of sp³-hybridized carbons (Fsp3) is 0.200. The van der Waals surface area contributed by atoms with Crippen LogP contribution in [0.2, 0.25) is 5.15 Å². The van der Waals surface area contributed by atoms with Gasteiger partial charge in [0.25, 0.3) is 6.02 Å². The van der Waals surface area contributed by atoms with Crippen LogP contribution >= 0.6 is 43.5 Å². The van der Waals surface area contributed by atoms with E-state index in [0.717, 1.165) is 33.8 Å². The summed E-state index contributed by atoms with van der Waals surface area (Å²) in [6.07, 6.45) is 9.62. The summed E-state index contributed by atoms with van der Waals surface area (Å²) < 4.78 is 34.3. The lowest BCUT2D eigenvalue weighted by Crippen LogP contribution is -2.31. The number of hydrogen-bond acceptors (Lipinski definition) is 16. The summed E-state index contributed by atoms with van der Waals surface area (Å²) in [5.74, 6) is 1.92. The fourth-order valence-electron chi connectivity index (χ4n) is 6.27. The summed E-state index contributed by atoms with van der Waals surface area (Å²) in [7, 11) is 3.15. The molecule has 1 unspecified atom stereocenters. The Kier molecular flexibility index (Phi) is 18.6. The molecular formula is C50H48Br2ClN7O11. The molecule has 7 aromatic rings. The molecule has 2 aliphatic heterocycles. The van der Waals surface area contributed by atoms with Gasteiger partial charge < -0.3 is 49.5 Å². The van der Waals surface area contributed by atoms with Gasteiger partial charge >= 0.3 is 11.9 Å². The zero-order chi connectivity index (χ0) is 50.6. The molecule has 0 amide bonds. The number of carboxylic acid groups (broad SMARTS) is 2. The average Bonchev–Trinajstić information content (AvgIpc) is 3.74. The number of hydrogen-bond donors (Lipinski definition) is 4. The van der Waals surface area contributed by atoms with Gasteiger partial charge in [0.2, 0.25) is 11.8 Å². The molecule has 370 valence electrons. The van der Waals surface area contributed by atoms with Crippen molar-refractivity contribution in [3.63, 3.8) is 0 Å². The minimum atomic E-state index is -1.10. The van der Waals surface area contributed by atoms with E-state index < -0.39 is 17.5 Å². The number of ether oxygens (including phenoxy) is 6. The number of aromatic hydroxyl groups is 1. The lowest BCUT2D eigenvalue weighted by Gasteiger charge is -2.33. The number of phenolic OH excluding ortho intramolecular Hbond substituents is 1. The Morgan fingerprint density at radius 1 is 0.746 bits per heavy atom. The lowest BCUT2D eigenvalue weighted by atomic mass is 9.81. The molecule has 71 heavy (non-hydrogen) atoms. The summed E-state index contributed by atoms with van der Waals surface area (Å²) in [4.78, 5) is 46.6. The van der Waals surface area contributed by atoms with E-state index >= 15 is 0 Å². The van der Waals surface area contributed by atoms with Crippen LogP contribution in [0.3, 0.4) is 0 Å². The van der Waals surface area contributed by atoms with Gasteiger partial charge in [-0.3, -0.25) is 0 Å². The van der Waals surface area contributed by atoms with Crippen LogP contribution in [0.1, 0.15) is 60.0 Å². The molecule has 3 aromatic carbocycles. The number of amidine groups is 1. The number of phenols is 1. The highest BCUT2D eigenvalue weighted by Gasteiger charge is 2.48. The topological polar surface area (TPSA) is 253 Å². The minimum absolute atomic E-state index is 0. The Bertz CT molecular complexity index is 2980. The molecule has 0 bridgehead atoms. The zero-order valence-corrected chi connectivity index (χ0v) is 41.9. The summed E-state index contributed by atoms with van der Waals surface area (Å²) in [5.41, 5.74) is 8.43. The Balaban J connectivity index is 0.000000199. The zero-order valence-electron chi connectivity index (χ0n) is 38.0. The van der Waals surface area contributed by atoms with E-state index in [1.54, 1.807) is 81.3 Å². The molecule has 6 heterocycles. The number of carbonyl (C=O) groups is 2. The number of methoxy groups -OCH3 is 2. The summed E-state index contributed by atoms with van der Waals surface area (Å²) in [6, 6.07) is 24.0. The monoisotopic (exact) mass is 1120 g/mol. The predicted octanol–water partition coefficient (Wildman–Crippen LogP) is 11.2. The Hall–Kier alpha value is -7.55. The molecule has 9 rings (SSSR count). The molecule has 21 heteroatoms. The molecule has 2 aliphatic rings. The number of halogens is 3. The SMILES string of the molecule is C.CC(C)(C)COc1ccc2c(c1)C1(COC(N)=N1)c1cc(-c3cncnc3)cnc1O2.COc1ccc(O)cc1.COc1ccc(Oc2ncc(Br)cc2C(=O)O)cc1.O=C(O)c1cc(Br)cnc1Cl. The number of nitrogens with two attached hydrogens (primary N) is 1. The van der Waals surface area contributed by atoms with Gasteiger partial charge in [0.15, 0.2) is 5.54 Å². The van der Waals surface area contributed by atoms with Crippen molar-refractivity contribution in [2.45, 2.75) is 33.7 Å². The van der Waals surface area contributed by atoms with Gasteiger partial charge in [0.05, 0.1) is 32.0 Å². The quantitative estimate of drug-likeness (QED) is 0.0980. The van der Waals surface area contributed by atoms with E-state index in [9.17, 15) is 9.59 Å². The van der Waals surface area contributed by atoms with Crippen molar-refractivity contribution >= 4 is 61.4 Å². The number of aliphatic imine (C=N–C) groups is 1. The second-order valence-corrected chi connectivity index (χ2v) is 18.2. The third-order valence-corrected chi connectivity index (χ3v) is 10.8. The van der Waals surface area contributed by atoms with Crippen molar-refractivity contribution in [2.24, 2.45) is 16.1 Å². The normalized spacial score (nSPS) is 13.7. The first kappa shape index (κ1) is 54.4. The van der Waals surface area contributed by atoms with Gasteiger partial charge in [0.1, 0.15) is 58.1 Å². The van der Waals surface area contributed by atoms with Crippen molar-refractivity contribution < 1.29 is 53.3 Å². The van der Waals surface area contributed by atoms with E-state index in [1.807, 2.05) is 24.3 Å². The summed E-state index contributed by atoms with van der Waals surface area (Å²) >= 11 is 11.7. The first-order valence-electron chi connectivity index (χ1n) is 20.7. The molecule has 0 saturated carbocycles. The number of benzene rings is 3. The molecule has 1 spiro atoms. The molecule has 0 saturated heterocycles. The number of pyridine rings is 3. The van der Waals surface area contributed by atoms with Crippen molar-refractivity contribution in [3.05, 3.63) is 159 Å². The van der Waals surface area contributed by atoms with Crippen LogP contribution in [-0.4, -0.2) is 85.6 Å². The molecule has 0 fully saturated rings.